The van der Waals surface area contributed by atoms with Gasteiger partial charge in [-0.3, -0.25) is 4.79 Å². The topological polar surface area (TPSA) is 57.5 Å². The molecule has 1 saturated carbocycles. The smallest absolute Gasteiger partial charge is 0.307 e. The van der Waals surface area contributed by atoms with E-state index in [4.69, 9.17) is 0 Å². The number of aromatic hydroxyl groups is 1. The fourth-order valence-corrected chi connectivity index (χ4v) is 9.10. The van der Waals surface area contributed by atoms with E-state index >= 15 is 0 Å². The van der Waals surface area contributed by atoms with Gasteiger partial charge in [-0.1, -0.05) is 105 Å². The monoisotopic (exact) mass is 578 g/mol. The predicted molar refractivity (Wildman–Crippen MR) is 176 cm³/mol. The van der Waals surface area contributed by atoms with Gasteiger partial charge in [0.05, 0.1) is 5.92 Å². The van der Waals surface area contributed by atoms with E-state index in [-0.39, 0.29) is 11.3 Å². The molecule has 0 aromatic heterocycles. The normalized spacial score (nSPS) is 30.7. The number of carboxylic acid groups (broad SMARTS) is 1. The average molecular weight is 579 g/mol. The van der Waals surface area contributed by atoms with Crippen LogP contribution in [-0.2, 0) is 16.6 Å². The van der Waals surface area contributed by atoms with Crippen LogP contribution in [-0.4, -0.2) is 16.2 Å². The van der Waals surface area contributed by atoms with E-state index in [2.05, 4.69) is 66.8 Å². The number of unbranched alkanes of at least 4 members (excludes halogenated alkanes) is 3. The number of benzene rings is 2. The largest absolute Gasteiger partial charge is 0.508 e. The molecule has 2 aromatic carbocycles. The molecule has 3 nitrogen and oxygen atoms in total. The van der Waals surface area contributed by atoms with Crippen molar-refractivity contribution in [2.24, 2.45) is 23.7 Å². The summed E-state index contributed by atoms with van der Waals surface area (Å²) in [6, 6.07) is 14.9. The number of phenolic OH excluding ortho intramolecular Hbond substituents is 1. The Balaban J connectivity index is 1.29. The maximum atomic E-state index is 13.0. The van der Waals surface area contributed by atoms with Gasteiger partial charge in [-0.05, 0) is 116 Å². The quantitative estimate of drug-likeness (QED) is 0.230. The fourth-order valence-electron chi connectivity index (χ4n) is 9.10. The summed E-state index contributed by atoms with van der Waals surface area (Å²) in [6.07, 6.45) is 30.9. The van der Waals surface area contributed by atoms with E-state index in [1.54, 1.807) is 0 Å². The molecule has 4 aliphatic rings. The summed E-state index contributed by atoms with van der Waals surface area (Å²) >= 11 is 0. The molecule has 2 bridgehead atoms. The molecule has 1 spiro atoms. The minimum Gasteiger partial charge on any atom is -0.508 e. The number of fused-ring (bicyclic) bond motifs is 1. The first-order valence-corrected chi connectivity index (χ1v) is 17.2. The Morgan fingerprint density at radius 1 is 0.860 bits per heavy atom. The van der Waals surface area contributed by atoms with E-state index in [9.17, 15) is 15.0 Å². The standard InChI is InChI=1S/C40H50O3/c41-35-24-21-32(22-25-35)36-27-30-18-19-33-20-23-34-16-9-10-26-40(34,38(33)28-30)37(39(42)43)17-8-7-15-31(36)14-4-2-1-3-11-29-12-5-6-13-29/h5,7-8,12,18-25,28-29,31,34,36-37,41H,1-4,6,9-11,13-17,26-27H2,(H,42,43)/b8-7+/t29-,31+,34-,36-,37-,40+/m1/s1. The molecular formula is C40H50O3. The van der Waals surface area contributed by atoms with Crippen LogP contribution in [0.15, 0.2) is 72.8 Å². The third-order valence-corrected chi connectivity index (χ3v) is 11.4. The number of hydrogen-bond acceptors (Lipinski definition) is 2. The zero-order chi connectivity index (χ0) is 29.6. The lowest BCUT2D eigenvalue weighted by Gasteiger charge is -2.50. The summed E-state index contributed by atoms with van der Waals surface area (Å²) < 4.78 is 0. The van der Waals surface area contributed by atoms with Gasteiger partial charge in [0.1, 0.15) is 5.75 Å². The van der Waals surface area contributed by atoms with Crippen LogP contribution < -0.4 is 0 Å². The van der Waals surface area contributed by atoms with Crippen LogP contribution in [0.1, 0.15) is 118 Å². The molecule has 0 saturated heterocycles. The van der Waals surface area contributed by atoms with E-state index in [1.807, 2.05) is 12.1 Å². The highest BCUT2D eigenvalue weighted by Crippen LogP contribution is 2.54. The van der Waals surface area contributed by atoms with Crippen molar-refractivity contribution >= 4 is 12.0 Å². The van der Waals surface area contributed by atoms with Crippen molar-refractivity contribution in [3.63, 3.8) is 0 Å². The lowest BCUT2D eigenvalue weighted by atomic mass is 9.53. The van der Waals surface area contributed by atoms with E-state index in [0.717, 1.165) is 38.0 Å². The number of aliphatic carboxylic acids is 1. The molecule has 6 atom stereocenters. The van der Waals surface area contributed by atoms with Crippen molar-refractivity contribution < 1.29 is 15.0 Å². The molecule has 0 aliphatic heterocycles. The molecule has 0 heterocycles. The minimum absolute atomic E-state index is 0.284. The van der Waals surface area contributed by atoms with Crippen molar-refractivity contribution in [2.45, 2.75) is 108 Å². The van der Waals surface area contributed by atoms with Gasteiger partial charge in [0.2, 0.25) is 0 Å². The number of carboxylic acids is 1. The first-order chi connectivity index (χ1) is 21.0. The zero-order valence-corrected chi connectivity index (χ0v) is 25.8. The Labute approximate surface area is 258 Å². The van der Waals surface area contributed by atoms with Crippen molar-refractivity contribution in [1.29, 1.82) is 0 Å². The number of phenols is 1. The molecule has 2 N–H and O–H groups in total. The van der Waals surface area contributed by atoms with Crippen molar-refractivity contribution in [1.82, 2.24) is 0 Å². The summed E-state index contributed by atoms with van der Waals surface area (Å²) in [7, 11) is 0. The maximum absolute atomic E-state index is 13.0. The Kier molecular flexibility index (Phi) is 9.55. The second-order valence-corrected chi connectivity index (χ2v) is 13.9. The first kappa shape index (κ1) is 30.0. The molecule has 2 aromatic rings. The van der Waals surface area contributed by atoms with Gasteiger partial charge < -0.3 is 10.2 Å². The molecule has 1 fully saturated rings. The highest BCUT2D eigenvalue weighted by atomic mass is 16.4. The van der Waals surface area contributed by atoms with Gasteiger partial charge in [-0.15, -0.1) is 0 Å². The van der Waals surface area contributed by atoms with Crippen LogP contribution >= 0.6 is 0 Å². The summed E-state index contributed by atoms with van der Waals surface area (Å²) in [5, 5.41) is 20.8. The molecule has 4 aliphatic carbocycles. The molecule has 0 unspecified atom stereocenters. The second kappa shape index (κ2) is 13.7. The second-order valence-electron chi connectivity index (χ2n) is 13.9. The lowest BCUT2D eigenvalue weighted by molar-refractivity contribution is -0.146. The van der Waals surface area contributed by atoms with Gasteiger partial charge >= 0.3 is 5.97 Å². The molecular weight excluding hydrogens is 528 g/mol. The fraction of sp³-hybridized carbons (Fsp3) is 0.525. The Morgan fingerprint density at radius 2 is 1.67 bits per heavy atom. The zero-order valence-electron chi connectivity index (χ0n) is 25.8. The maximum Gasteiger partial charge on any atom is 0.307 e. The Bertz CT molecular complexity index is 1330. The third kappa shape index (κ3) is 6.56. The van der Waals surface area contributed by atoms with Crippen LogP contribution in [0.5, 0.6) is 5.75 Å². The van der Waals surface area contributed by atoms with E-state index in [0.29, 0.717) is 24.0 Å². The first-order valence-electron chi connectivity index (χ1n) is 17.2. The molecule has 6 rings (SSSR count). The molecule has 0 amide bonds. The van der Waals surface area contributed by atoms with Crippen LogP contribution in [0.4, 0.5) is 0 Å². The van der Waals surface area contributed by atoms with Crippen LogP contribution in [0.25, 0.3) is 6.08 Å². The van der Waals surface area contributed by atoms with Gasteiger partial charge in [0, 0.05) is 5.41 Å². The minimum atomic E-state index is -0.646. The van der Waals surface area contributed by atoms with Crippen LogP contribution in [0, 0.1) is 23.7 Å². The summed E-state index contributed by atoms with van der Waals surface area (Å²) in [4.78, 5) is 13.0. The van der Waals surface area contributed by atoms with E-state index in [1.165, 1.54) is 80.0 Å². The van der Waals surface area contributed by atoms with Crippen molar-refractivity contribution in [2.75, 3.05) is 0 Å². The summed E-state index contributed by atoms with van der Waals surface area (Å²) in [6.45, 7) is 0. The van der Waals surface area contributed by atoms with Crippen LogP contribution in [0.3, 0.4) is 0 Å². The molecule has 228 valence electrons. The Hall–Kier alpha value is -3.07. The summed E-state index contributed by atoms with van der Waals surface area (Å²) in [5.41, 5.74) is 4.76. The van der Waals surface area contributed by atoms with Gasteiger partial charge in [-0.2, -0.15) is 0 Å². The van der Waals surface area contributed by atoms with Gasteiger partial charge in [0.25, 0.3) is 0 Å². The van der Waals surface area contributed by atoms with Gasteiger partial charge in [-0.25, -0.2) is 0 Å². The third-order valence-electron chi connectivity index (χ3n) is 11.4. The van der Waals surface area contributed by atoms with Gasteiger partial charge in [0.15, 0.2) is 0 Å². The summed E-state index contributed by atoms with van der Waals surface area (Å²) in [5.74, 6) is 1.16. The Morgan fingerprint density at radius 3 is 2.47 bits per heavy atom. The highest BCUT2D eigenvalue weighted by molar-refractivity contribution is 5.75. The molecule has 0 radical (unpaired) electrons. The highest BCUT2D eigenvalue weighted by Gasteiger charge is 2.51. The molecule has 3 heteroatoms. The number of allylic oxidation sites excluding steroid dienone is 5. The number of hydrogen-bond donors (Lipinski definition) is 2. The van der Waals surface area contributed by atoms with E-state index < -0.39 is 11.9 Å². The van der Waals surface area contributed by atoms with Crippen molar-refractivity contribution in [3.8, 4) is 5.75 Å². The average Bonchev–Trinajstić information content (AvgIpc) is 3.54. The van der Waals surface area contributed by atoms with Crippen LogP contribution in [0.2, 0.25) is 0 Å². The predicted octanol–water partition coefficient (Wildman–Crippen LogP) is 10.1. The number of rotatable bonds is 9. The molecule has 43 heavy (non-hydrogen) atoms. The van der Waals surface area contributed by atoms with Crippen molar-refractivity contribution in [3.05, 3.63) is 95.1 Å². The lowest BCUT2D eigenvalue weighted by Crippen LogP contribution is -2.48. The number of carbonyl (C=O) groups is 1. The SMILES string of the molecule is O=C(O)[C@H]1C/C=C/C[C@H](CCCCCC[C@@H]2C=CCC2)[C@H](c2ccc(O)cc2)Cc2ccc3c(c2)[C@]12CCCC[C@@H]2C=C3.